The molecular formula is C15H20N2O2. The van der Waals surface area contributed by atoms with Crippen LogP contribution in [0.1, 0.15) is 18.4 Å². The molecule has 19 heavy (non-hydrogen) atoms. The number of nitrogens with zero attached hydrogens (tertiary/aromatic N) is 1. The van der Waals surface area contributed by atoms with E-state index in [0.29, 0.717) is 5.92 Å². The van der Waals surface area contributed by atoms with Crippen LogP contribution in [0.2, 0.25) is 0 Å². The highest BCUT2D eigenvalue weighted by Crippen LogP contribution is 2.29. The van der Waals surface area contributed by atoms with Crippen molar-refractivity contribution in [2.75, 3.05) is 25.0 Å². The van der Waals surface area contributed by atoms with Crippen LogP contribution in [0, 0.1) is 12.8 Å². The quantitative estimate of drug-likeness (QED) is 0.888. The van der Waals surface area contributed by atoms with Gasteiger partial charge in [-0.15, -0.1) is 0 Å². The van der Waals surface area contributed by atoms with E-state index in [1.165, 1.54) is 5.56 Å². The molecule has 1 atom stereocenters. The first kappa shape index (κ1) is 12.5. The molecule has 0 aliphatic carbocycles. The van der Waals surface area contributed by atoms with Crippen LogP contribution in [0.25, 0.3) is 0 Å². The third-order valence-electron chi connectivity index (χ3n) is 4.15. The zero-order valence-corrected chi connectivity index (χ0v) is 11.3. The molecule has 1 aromatic rings. The summed E-state index contributed by atoms with van der Waals surface area (Å²) in [4.78, 5) is 14.3. The highest BCUT2D eigenvalue weighted by Gasteiger charge is 2.36. The molecule has 102 valence electrons. The fourth-order valence-corrected chi connectivity index (χ4v) is 2.97. The summed E-state index contributed by atoms with van der Waals surface area (Å²) >= 11 is 0. The summed E-state index contributed by atoms with van der Waals surface area (Å²) in [5.41, 5.74) is 1.97. The fraction of sp³-hybridized carbons (Fsp3) is 0.533. The number of hydrogen-bond acceptors (Lipinski definition) is 3. The van der Waals surface area contributed by atoms with Gasteiger partial charge in [0.05, 0.1) is 0 Å². The monoisotopic (exact) mass is 260 g/mol. The predicted octanol–water partition coefficient (Wildman–Crippen LogP) is 2.64. The van der Waals surface area contributed by atoms with Crippen molar-refractivity contribution in [2.45, 2.75) is 25.9 Å². The molecule has 4 heteroatoms. The molecule has 0 radical (unpaired) electrons. The summed E-state index contributed by atoms with van der Waals surface area (Å²) in [6.07, 6.45) is 2.04. The Balaban J connectivity index is 1.55. The number of nitrogens with one attached hydrogen (secondary N) is 1. The molecule has 1 amide bonds. The third-order valence-corrected chi connectivity index (χ3v) is 4.15. The van der Waals surface area contributed by atoms with Crippen LogP contribution < -0.4 is 5.32 Å². The van der Waals surface area contributed by atoms with E-state index in [4.69, 9.17) is 4.74 Å². The van der Waals surface area contributed by atoms with E-state index in [1.54, 1.807) is 0 Å². The van der Waals surface area contributed by atoms with Gasteiger partial charge in [-0.3, -0.25) is 10.2 Å². The summed E-state index contributed by atoms with van der Waals surface area (Å²) in [6.45, 7) is 5.23. The number of fused-ring (bicyclic) bond motifs is 3. The SMILES string of the molecule is Cc1ccc(NC(=O)OC2CN3CCC2CC3)cc1. The minimum absolute atomic E-state index is 0.0629. The number of ether oxygens (including phenoxy) is 1. The van der Waals surface area contributed by atoms with Crippen LogP contribution >= 0.6 is 0 Å². The van der Waals surface area contributed by atoms with Crippen LogP contribution in [0.3, 0.4) is 0 Å². The van der Waals surface area contributed by atoms with Gasteiger partial charge < -0.3 is 4.74 Å². The molecule has 3 fully saturated rings. The van der Waals surface area contributed by atoms with E-state index in [-0.39, 0.29) is 12.2 Å². The predicted molar refractivity (Wildman–Crippen MR) is 74.2 cm³/mol. The highest BCUT2D eigenvalue weighted by atomic mass is 16.6. The zero-order chi connectivity index (χ0) is 13.2. The van der Waals surface area contributed by atoms with E-state index in [0.717, 1.165) is 38.2 Å². The Morgan fingerprint density at radius 3 is 2.53 bits per heavy atom. The Kier molecular flexibility index (Phi) is 3.42. The van der Waals surface area contributed by atoms with Crippen molar-refractivity contribution in [3.8, 4) is 0 Å². The molecule has 0 spiro atoms. The van der Waals surface area contributed by atoms with E-state index < -0.39 is 0 Å². The minimum Gasteiger partial charge on any atom is -0.444 e. The maximum Gasteiger partial charge on any atom is 0.411 e. The average Bonchev–Trinajstić information content (AvgIpc) is 2.43. The average molecular weight is 260 g/mol. The summed E-state index contributed by atoms with van der Waals surface area (Å²) in [7, 11) is 0. The van der Waals surface area contributed by atoms with E-state index in [2.05, 4.69) is 10.2 Å². The largest absolute Gasteiger partial charge is 0.444 e. The van der Waals surface area contributed by atoms with Gasteiger partial charge in [-0.2, -0.15) is 0 Å². The maximum atomic E-state index is 11.9. The number of amides is 1. The van der Waals surface area contributed by atoms with Crippen LogP contribution in [-0.2, 0) is 4.74 Å². The second-order valence-electron chi connectivity index (χ2n) is 5.57. The first-order valence-corrected chi connectivity index (χ1v) is 6.97. The molecule has 4 rings (SSSR count). The zero-order valence-electron chi connectivity index (χ0n) is 11.3. The Hall–Kier alpha value is -1.55. The molecule has 2 bridgehead atoms. The second-order valence-corrected chi connectivity index (χ2v) is 5.57. The second kappa shape index (κ2) is 5.21. The Labute approximate surface area is 113 Å². The van der Waals surface area contributed by atoms with Gasteiger partial charge in [0.25, 0.3) is 0 Å². The lowest BCUT2D eigenvalue weighted by Gasteiger charge is -2.43. The number of aryl methyl sites for hydroxylation is 1. The van der Waals surface area contributed by atoms with Gasteiger partial charge in [0.15, 0.2) is 0 Å². The van der Waals surface area contributed by atoms with Crippen LogP contribution in [0.4, 0.5) is 10.5 Å². The summed E-state index contributed by atoms with van der Waals surface area (Å²) in [6, 6.07) is 7.74. The third kappa shape index (κ3) is 2.89. The molecule has 4 nitrogen and oxygen atoms in total. The summed E-state index contributed by atoms with van der Waals surface area (Å²) < 4.78 is 5.57. The van der Waals surface area contributed by atoms with Crippen molar-refractivity contribution in [1.29, 1.82) is 0 Å². The van der Waals surface area contributed by atoms with Gasteiger partial charge in [-0.05, 0) is 50.9 Å². The van der Waals surface area contributed by atoms with E-state index >= 15 is 0 Å². The Morgan fingerprint density at radius 1 is 1.26 bits per heavy atom. The first-order chi connectivity index (χ1) is 9.20. The summed E-state index contributed by atoms with van der Waals surface area (Å²) in [5.74, 6) is 0.550. The molecule has 0 saturated carbocycles. The molecule has 3 saturated heterocycles. The van der Waals surface area contributed by atoms with Crippen LogP contribution in [0.5, 0.6) is 0 Å². The van der Waals surface area contributed by atoms with Gasteiger partial charge in [-0.1, -0.05) is 17.7 Å². The van der Waals surface area contributed by atoms with Gasteiger partial charge in [0, 0.05) is 12.2 Å². The van der Waals surface area contributed by atoms with Crippen molar-refractivity contribution < 1.29 is 9.53 Å². The molecule has 3 aliphatic rings. The van der Waals surface area contributed by atoms with Crippen molar-refractivity contribution >= 4 is 11.8 Å². The van der Waals surface area contributed by atoms with E-state index in [1.807, 2.05) is 31.2 Å². The van der Waals surface area contributed by atoms with Crippen LogP contribution in [0.15, 0.2) is 24.3 Å². The molecular weight excluding hydrogens is 240 g/mol. The van der Waals surface area contributed by atoms with Crippen molar-refractivity contribution in [2.24, 2.45) is 5.92 Å². The molecule has 0 aromatic heterocycles. The van der Waals surface area contributed by atoms with Gasteiger partial charge >= 0.3 is 6.09 Å². The number of benzene rings is 1. The highest BCUT2D eigenvalue weighted by molar-refractivity contribution is 5.84. The van der Waals surface area contributed by atoms with E-state index in [9.17, 15) is 4.79 Å². The molecule has 3 heterocycles. The fourth-order valence-electron chi connectivity index (χ4n) is 2.97. The summed E-state index contributed by atoms with van der Waals surface area (Å²) in [5, 5.41) is 2.80. The van der Waals surface area contributed by atoms with Crippen molar-refractivity contribution in [3.63, 3.8) is 0 Å². The lowest BCUT2D eigenvalue weighted by atomic mass is 9.86. The first-order valence-electron chi connectivity index (χ1n) is 6.97. The molecule has 1 aromatic carbocycles. The topological polar surface area (TPSA) is 41.6 Å². The van der Waals surface area contributed by atoms with Crippen molar-refractivity contribution in [3.05, 3.63) is 29.8 Å². The number of piperidine rings is 3. The number of hydrogen-bond donors (Lipinski definition) is 1. The standard InChI is InChI=1S/C15H20N2O2/c1-11-2-4-13(5-3-11)16-15(18)19-14-10-17-8-6-12(14)7-9-17/h2-5,12,14H,6-10H2,1H3,(H,16,18). The number of carbonyl (C=O) groups excluding carboxylic acids is 1. The minimum atomic E-state index is -0.331. The smallest absolute Gasteiger partial charge is 0.411 e. The Morgan fingerprint density at radius 2 is 1.95 bits per heavy atom. The normalized spacial score (nSPS) is 29.0. The molecule has 1 N–H and O–H groups in total. The molecule has 1 unspecified atom stereocenters. The lowest BCUT2D eigenvalue weighted by Crippen LogP contribution is -2.52. The number of carbonyl (C=O) groups is 1. The van der Waals surface area contributed by atoms with Gasteiger partial charge in [-0.25, -0.2) is 4.79 Å². The van der Waals surface area contributed by atoms with Gasteiger partial charge in [0.1, 0.15) is 6.10 Å². The number of rotatable bonds is 2. The maximum absolute atomic E-state index is 11.9. The van der Waals surface area contributed by atoms with Crippen molar-refractivity contribution in [1.82, 2.24) is 4.90 Å². The van der Waals surface area contributed by atoms with Gasteiger partial charge in [0.2, 0.25) is 0 Å². The number of anilines is 1. The Bertz CT molecular complexity index is 450. The molecule has 3 aliphatic heterocycles. The van der Waals surface area contributed by atoms with Crippen LogP contribution in [-0.4, -0.2) is 36.7 Å². The lowest BCUT2D eigenvalue weighted by molar-refractivity contribution is -0.0289.